The Morgan fingerprint density at radius 2 is 1.77 bits per heavy atom. The van der Waals surface area contributed by atoms with E-state index in [0.29, 0.717) is 13.1 Å². The zero-order chi connectivity index (χ0) is 21.6. The molecule has 0 spiro atoms. The first kappa shape index (κ1) is 21.8. The summed E-state index contributed by atoms with van der Waals surface area (Å²) in [6.07, 6.45) is -4.83. The van der Waals surface area contributed by atoms with Gasteiger partial charge in [-0.2, -0.15) is 0 Å². The Bertz CT molecular complexity index is 838. The van der Waals surface area contributed by atoms with Crippen molar-refractivity contribution in [2.24, 2.45) is 0 Å². The van der Waals surface area contributed by atoms with Gasteiger partial charge in [-0.25, -0.2) is 4.79 Å². The third kappa shape index (κ3) is 6.28. The zero-order valence-corrected chi connectivity index (χ0v) is 16.6. The average Bonchev–Trinajstić information content (AvgIpc) is 2.72. The summed E-state index contributed by atoms with van der Waals surface area (Å²) in [4.78, 5) is 16.4. The molecule has 30 heavy (non-hydrogen) atoms. The van der Waals surface area contributed by atoms with Gasteiger partial charge in [0.05, 0.1) is 7.11 Å². The molecule has 9 heteroatoms. The highest BCUT2D eigenvalue weighted by Crippen LogP contribution is 2.30. The van der Waals surface area contributed by atoms with E-state index in [1.807, 2.05) is 18.2 Å². The largest absolute Gasteiger partial charge is 0.573 e. The molecule has 0 atom stereocenters. The van der Waals surface area contributed by atoms with Gasteiger partial charge in [-0.15, -0.1) is 13.2 Å². The monoisotopic (exact) mass is 423 g/mol. The first-order chi connectivity index (χ1) is 14.3. The van der Waals surface area contributed by atoms with E-state index in [2.05, 4.69) is 27.1 Å². The molecule has 0 aliphatic carbocycles. The number of piperazine rings is 1. The second kappa shape index (κ2) is 9.71. The number of rotatable bonds is 6. The highest BCUT2D eigenvalue weighted by Gasteiger charge is 2.32. The maximum absolute atomic E-state index is 12.7. The fraction of sp³-hybridized carbons (Fsp3) is 0.381. The molecule has 0 unspecified atom stereocenters. The number of hydrogen-bond acceptors (Lipinski definition) is 4. The van der Waals surface area contributed by atoms with Gasteiger partial charge >= 0.3 is 12.4 Å². The standard InChI is InChI=1S/C21H24F3N3O3/c1-29-18-8-7-17(19(13-18)30-21(22,23)24)14-25-20(28)27-11-9-26(10-12-27)15-16-5-3-2-4-6-16/h2-8,13H,9-12,14-15H2,1H3,(H,25,28). The van der Waals surface area contributed by atoms with Gasteiger partial charge in [0.25, 0.3) is 0 Å². The topological polar surface area (TPSA) is 54.0 Å². The number of carbonyl (C=O) groups excluding carboxylic acids is 1. The minimum atomic E-state index is -4.83. The van der Waals surface area contributed by atoms with Crippen LogP contribution in [-0.4, -0.2) is 55.5 Å². The van der Waals surface area contributed by atoms with Crippen LogP contribution < -0.4 is 14.8 Å². The summed E-state index contributed by atoms with van der Waals surface area (Å²) < 4.78 is 47.1. The van der Waals surface area contributed by atoms with Crippen molar-refractivity contribution < 1.29 is 27.4 Å². The highest BCUT2D eigenvalue weighted by molar-refractivity contribution is 5.74. The number of halogens is 3. The SMILES string of the molecule is COc1ccc(CNC(=O)N2CCN(Cc3ccccc3)CC2)c(OC(F)(F)F)c1. The van der Waals surface area contributed by atoms with Crippen LogP contribution in [0.2, 0.25) is 0 Å². The van der Waals surface area contributed by atoms with Crippen LogP contribution in [0.4, 0.5) is 18.0 Å². The molecule has 1 N–H and O–H groups in total. The predicted octanol–water partition coefficient (Wildman–Crippen LogP) is 3.62. The molecule has 3 rings (SSSR count). The van der Waals surface area contributed by atoms with Gasteiger partial charge in [0, 0.05) is 50.9 Å². The number of benzene rings is 2. The van der Waals surface area contributed by atoms with Crippen LogP contribution in [0.1, 0.15) is 11.1 Å². The maximum atomic E-state index is 12.7. The van der Waals surface area contributed by atoms with E-state index in [-0.39, 0.29) is 23.9 Å². The van der Waals surface area contributed by atoms with Crippen molar-refractivity contribution in [2.45, 2.75) is 19.5 Å². The van der Waals surface area contributed by atoms with Gasteiger partial charge in [-0.3, -0.25) is 4.90 Å². The number of urea groups is 1. The fourth-order valence-electron chi connectivity index (χ4n) is 3.26. The van der Waals surface area contributed by atoms with Crippen molar-refractivity contribution in [1.82, 2.24) is 15.1 Å². The summed E-state index contributed by atoms with van der Waals surface area (Å²) in [5.74, 6) is -0.159. The van der Waals surface area contributed by atoms with Crippen LogP contribution in [0.3, 0.4) is 0 Å². The Labute approximate surface area is 173 Å². The van der Waals surface area contributed by atoms with Gasteiger partial charge in [0.15, 0.2) is 0 Å². The maximum Gasteiger partial charge on any atom is 0.573 e. The lowest BCUT2D eigenvalue weighted by Gasteiger charge is -2.34. The second-order valence-corrected chi connectivity index (χ2v) is 6.93. The van der Waals surface area contributed by atoms with Crippen LogP contribution in [0, 0.1) is 0 Å². The molecule has 1 fully saturated rings. The summed E-state index contributed by atoms with van der Waals surface area (Å²) in [7, 11) is 1.35. The minimum absolute atomic E-state index is 0.0849. The second-order valence-electron chi connectivity index (χ2n) is 6.93. The summed E-state index contributed by atoms with van der Waals surface area (Å²) in [6.45, 7) is 3.29. The number of hydrogen-bond donors (Lipinski definition) is 1. The number of methoxy groups -OCH3 is 1. The molecule has 1 aliphatic rings. The Morgan fingerprint density at radius 1 is 1.07 bits per heavy atom. The molecular weight excluding hydrogens is 399 g/mol. The highest BCUT2D eigenvalue weighted by atomic mass is 19.4. The van der Waals surface area contributed by atoms with Crippen LogP contribution in [0.15, 0.2) is 48.5 Å². The molecule has 0 aromatic heterocycles. The first-order valence-corrected chi connectivity index (χ1v) is 9.56. The van der Waals surface area contributed by atoms with E-state index >= 15 is 0 Å². The average molecular weight is 423 g/mol. The van der Waals surface area contributed by atoms with Crippen LogP contribution >= 0.6 is 0 Å². The van der Waals surface area contributed by atoms with Gasteiger partial charge < -0.3 is 19.7 Å². The molecule has 2 aromatic rings. The number of alkyl halides is 3. The van der Waals surface area contributed by atoms with Crippen molar-refractivity contribution >= 4 is 6.03 Å². The van der Waals surface area contributed by atoms with Gasteiger partial charge in [-0.05, 0) is 17.7 Å². The summed E-state index contributed by atoms with van der Waals surface area (Å²) in [6, 6.07) is 13.9. The molecule has 2 amide bonds. The number of nitrogens with zero attached hydrogens (tertiary/aromatic N) is 2. The molecular formula is C21H24F3N3O3. The van der Waals surface area contributed by atoms with Gasteiger partial charge in [0.1, 0.15) is 11.5 Å². The molecule has 0 radical (unpaired) electrons. The van der Waals surface area contributed by atoms with E-state index < -0.39 is 12.1 Å². The Balaban J connectivity index is 1.52. The smallest absolute Gasteiger partial charge is 0.497 e. The molecule has 0 saturated carbocycles. The van der Waals surface area contributed by atoms with Gasteiger partial charge in [-0.1, -0.05) is 30.3 Å². The number of amides is 2. The lowest BCUT2D eigenvalue weighted by Crippen LogP contribution is -2.51. The van der Waals surface area contributed by atoms with E-state index in [9.17, 15) is 18.0 Å². The molecule has 162 valence electrons. The third-order valence-corrected chi connectivity index (χ3v) is 4.84. The lowest BCUT2D eigenvalue weighted by atomic mass is 10.2. The molecule has 2 aromatic carbocycles. The normalized spacial score (nSPS) is 15.0. The third-order valence-electron chi connectivity index (χ3n) is 4.84. The molecule has 0 bridgehead atoms. The van der Waals surface area contributed by atoms with E-state index in [1.54, 1.807) is 4.90 Å². The zero-order valence-electron chi connectivity index (χ0n) is 16.6. The van der Waals surface area contributed by atoms with Crippen molar-refractivity contribution in [2.75, 3.05) is 33.3 Å². The lowest BCUT2D eigenvalue weighted by molar-refractivity contribution is -0.274. The van der Waals surface area contributed by atoms with E-state index in [1.165, 1.54) is 24.8 Å². The molecule has 1 aliphatic heterocycles. The van der Waals surface area contributed by atoms with E-state index in [0.717, 1.165) is 25.7 Å². The van der Waals surface area contributed by atoms with Crippen molar-refractivity contribution in [3.63, 3.8) is 0 Å². The van der Waals surface area contributed by atoms with Crippen molar-refractivity contribution in [3.8, 4) is 11.5 Å². The van der Waals surface area contributed by atoms with Crippen molar-refractivity contribution in [1.29, 1.82) is 0 Å². The fourth-order valence-corrected chi connectivity index (χ4v) is 3.26. The van der Waals surface area contributed by atoms with Crippen molar-refractivity contribution in [3.05, 3.63) is 59.7 Å². The number of nitrogens with one attached hydrogen (secondary N) is 1. The molecule has 6 nitrogen and oxygen atoms in total. The Kier molecular flexibility index (Phi) is 7.04. The minimum Gasteiger partial charge on any atom is -0.497 e. The summed E-state index contributed by atoms with van der Waals surface area (Å²) >= 11 is 0. The molecule has 1 saturated heterocycles. The summed E-state index contributed by atoms with van der Waals surface area (Å²) in [5.41, 5.74) is 1.43. The number of carbonyl (C=O) groups is 1. The predicted molar refractivity (Wildman–Crippen MR) is 105 cm³/mol. The van der Waals surface area contributed by atoms with E-state index in [4.69, 9.17) is 4.74 Å². The molecule has 1 heterocycles. The summed E-state index contributed by atoms with van der Waals surface area (Å²) in [5, 5.41) is 2.68. The first-order valence-electron chi connectivity index (χ1n) is 9.56. The number of ether oxygens (including phenoxy) is 2. The Hall–Kier alpha value is -2.94. The van der Waals surface area contributed by atoms with Crippen LogP contribution in [-0.2, 0) is 13.1 Å². The Morgan fingerprint density at radius 3 is 2.40 bits per heavy atom. The van der Waals surface area contributed by atoms with Crippen LogP contribution in [0.5, 0.6) is 11.5 Å². The van der Waals surface area contributed by atoms with Crippen LogP contribution in [0.25, 0.3) is 0 Å². The quantitative estimate of drug-likeness (QED) is 0.771. The van der Waals surface area contributed by atoms with Gasteiger partial charge in [0.2, 0.25) is 0 Å².